The number of hydrogen-bond acceptors (Lipinski definition) is 5. The van der Waals surface area contributed by atoms with Crippen LogP contribution in [0.4, 0.5) is 0 Å². The van der Waals surface area contributed by atoms with Gasteiger partial charge in [0.25, 0.3) is 0 Å². The third-order valence-electron chi connectivity index (χ3n) is 6.32. The van der Waals surface area contributed by atoms with Crippen LogP contribution in [0.5, 0.6) is 0 Å². The fraction of sp³-hybridized carbons (Fsp3) is 0.333. The molecule has 4 rings (SSSR count). The van der Waals surface area contributed by atoms with Crippen LogP contribution in [-0.4, -0.2) is 37.2 Å². The summed E-state index contributed by atoms with van der Waals surface area (Å²) in [5.41, 5.74) is 2.71. The summed E-state index contributed by atoms with van der Waals surface area (Å²) in [5.74, 6) is 0.0761. The summed E-state index contributed by atoms with van der Waals surface area (Å²) >= 11 is 0. The zero-order valence-electron chi connectivity index (χ0n) is 20.6. The van der Waals surface area contributed by atoms with Gasteiger partial charge in [0.1, 0.15) is 23.9 Å². The molecule has 0 aliphatic carbocycles. The van der Waals surface area contributed by atoms with Gasteiger partial charge in [-0.05, 0) is 62.6 Å². The monoisotopic (exact) mass is 473 g/mol. The molecule has 0 bridgehead atoms. The van der Waals surface area contributed by atoms with E-state index in [1.165, 1.54) is 0 Å². The lowest BCUT2D eigenvalue weighted by Crippen LogP contribution is -2.50. The van der Waals surface area contributed by atoms with Gasteiger partial charge in [-0.3, -0.25) is 9.59 Å². The summed E-state index contributed by atoms with van der Waals surface area (Å²) in [6.45, 7) is 7.98. The average Bonchev–Trinajstić information content (AvgIpc) is 3.50. The van der Waals surface area contributed by atoms with Gasteiger partial charge in [-0.15, -0.1) is 5.10 Å². The second kappa shape index (κ2) is 10.1. The summed E-state index contributed by atoms with van der Waals surface area (Å²) in [7, 11) is 0. The third kappa shape index (κ3) is 5.42. The Balaban J connectivity index is 1.76. The van der Waals surface area contributed by atoms with Crippen molar-refractivity contribution < 1.29 is 14.0 Å². The molecule has 35 heavy (non-hydrogen) atoms. The number of para-hydroxylation sites is 1. The molecule has 2 amide bonds. The molecule has 1 N–H and O–H groups in total. The first-order valence-corrected chi connectivity index (χ1v) is 11.8. The van der Waals surface area contributed by atoms with E-state index in [0.29, 0.717) is 11.3 Å². The quantitative estimate of drug-likeness (QED) is 0.389. The fourth-order valence-electron chi connectivity index (χ4n) is 3.98. The number of furan rings is 1. The van der Waals surface area contributed by atoms with Crippen LogP contribution in [0.15, 0.2) is 71.3 Å². The Kier molecular flexibility index (Phi) is 7.00. The van der Waals surface area contributed by atoms with Crippen molar-refractivity contribution in [1.82, 2.24) is 25.2 Å². The minimum atomic E-state index is -0.852. The Morgan fingerprint density at radius 3 is 2.54 bits per heavy atom. The van der Waals surface area contributed by atoms with E-state index in [1.54, 1.807) is 28.0 Å². The van der Waals surface area contributed by atoms with E-state index in [-0.39, 0.29) is 24.9 Å². The number of rotatable bonds is 9. The second-order valence-electron chi connectivity index (χ2n) is 9.32. The summed E-state index contributed by atoms with van der Waals surface area (Å²) in [6.07, 6.45) is 2.31. The lowest BCUT2D eigenvalue weighted by molar-refractivity contribution is -0.143. The van der Waals surface area contributed by atoms with Crippen LogP contribution in [0, 0.1) is 6.92 Å². The van der Waals surface area contributed by atoms with E-state index in [1.807, 2.05) is 76.2 Å². The molecular formula is C27H31N5O3. The van der Waals surface area contributed by atoms with Gasteiger partial charge >= 0.3 is 0 Å². The first kappa shape index (κ1) is 24.2. The first-order chi connectivity index (χ1) is 16.8. The van der Waals surface area contributed by atoms with Crippen LogP contribution < -0.4 is 5.32 Å². The number of nitrogens with zero attached hydrogens (tertiary/aromatic N) is 4. The van der Waals surface area contributed by atoms with Gasteiger partial charge in [0.05, 0.1) is 18.3 Å². The summed E-state index contributed by atoms with van der Waals surface area (Å²) < 4.78 is 7.14. The van der Waals surface area contributed by atoms with Gasteiger partial charge in [0.2, 0.25) is 11.8 Å². The number of fused-ring (bicyclic) bond motifs is 1. The predicted octanol–water partition coefficient (Wildman–Crippen LogP) is 4.41. The van der Waals surface area contributed by atoms with Crippen LogP contribution in [-0.2, 0) is 22.7 Å². The first-order valence-electron chi connectivity index (χ1n) is 11.8. The van der Waals surface area contributed by atoms with Crippen molar-refractivity contribution in [3.8, 4) is 0 Å². The zero-order valence-corrected chi connectivity index (χ0v) is 20.6. The van der Waals surface area contributed by atoms with Crippen LogP contribution in [0.25, 0.3) is 11.0 Å². The Bertz CT molecular complexity index is 1310. The minimum absolute atomic E-state index is 0.0615. The van der Waals surface area contributed by atoms with Gasteiger partial charge in [-0.1, -0.05) is 48.5 Å². The number of carbonyl (C=O) groups excluding carboxylic acids is 2. The minimum Gasteiger partial charge on any atom is -0.467 e. The summed E-state index contributed by atoms with van der Waals surface area (Å²) in [5, 5.41) is 11.5. The van der Waals surface area contributed by atoms with Crippen molar-refractivity contribution in [2.75, 3.05) is 0 Å². The zero-order chi connectivity index (χ0) is 25.0. The maximum absolute atomic E-state index is 13.9. The normalized spacial score (nSPS) is 12.5. The molecule has 1 atom stereocenters. The van der Waals surface area contributed by atoms with Crippen molar-refractivity contribution in [2.45, 2.75) is 58.8 Å². The third-order valence-corrected chi connectivity index (χ3v) is 6.32. The summed E-state index contributed by atoms with van der Waals surface area (Å²) in [4.78, 5) is 29.2. The average molecular weight is 474 g/mol. The van der Waals surface area contributed by atoms with Crippen LogP contribution in [0.2, 0.25) is 0 Å². The number of benzene rings is 2. The lowest BCUT2D eigenvalue weighted by atomic mass is 9.96. The smallest absolute Gasteiger partial charge is 0.247 e. The van der Waals surface area contributed by atoms with Gasteiger partial charge in [-0.2, -0.15) is 0 Å². The Labute approximate surface area is 204 Å². The molecule has 0 saturated heterocycles. The van der Waals surface area contributed by atoms with Gasteiger partial charge in [-0.25, -0.2) is 4.68 Å². The maximum Gasteiger partial charge on any atom is 0.247 e. The number of amides is 2. The molecule has 0 aliphatic rings. The Morgan fingerprint density at radius 2 is 1.83 bits per heavy atom. The highest BCUT2D eigenvalue weighted by Gasteiger charge is 2.35. The van der Waals surface area contributed by atoms with E-state index >= 15 is 0 Å². The van der Waals surface area contributed by atoms with Crippen molar-refractivity contribution in [2.24, 2.45) is 0 Å². The molecule has 182 valence electrons. The largest absolute Gasteiger partial charge is 0.467 e. The highest BCUT2D eigenvalue weighted by Crippen LogP contribution is 2.28. The molecule has 0 spiro atoms. The molecular weight excluding hydrogens is 442 g/mol. The van der Waals surface area contributed by atoms with Crippen LogP contribution in [0.1, 0.15) is 50.1 Å². The van der Waals surface area contributed by atoms with Crippen molar-refractivity contribution in [3.05, 3.63) is 83.8 Å². The molecule has 2 heterocycles. The predicted molar refractivity (Wildman–Crippen MR) is 133 cm³/mol. The molecule has 2 aromatic heterocycles. The van der Waals surface area contributed by atoms with Crippen molar-refractivity contribution in [3.63, 3.8) is 0 Å². The van der Waals surface area contributed by atoms with Crippen LogP contribution >= 0.6 is 0 Å². The molecule has 0 radical (unpaired) electrons. The van der Waals surface area contributed by atoms with Gasteiger partial charge < -0.3 is 14.6 Å². The Hall–Kier alpha value is -3.94. The van der Waals surface area contributed by atoms with E-state index in [9.17, 15) is 9.59 Å². The van der Waals surface area contributed by atoms with Gasteiger partial charge in [0, 0.05) is 5.54 Å². The number of carbonyl (C=O) groups is 2. The highest BCUT2D eigenvalue weighted by molar-refractivity contribution is 5.90. The lowest BCUT2D eigenvalue weighted by Gasteiger charge is -2.34. The number of nitrogens with one attached hydrogen (secondary N) is 1. The van der Waals surface area contributed by atoms with E-state index in [2.05, 4.69) is 15.6 Å². The standard InChI is InChI=1S/C27H31N5O3/c1-5-27(3,4)28-26(34)25(21-13-7-6-11-19(21)2)31(17-20-12-10-16-35-20)24(33)18-32-23-15-9-8-14-22(23)29-30-32/h6-16,25H,5,17-18H2,1-4H3,(H,28,34)/t25-/m1/s1. The molecule has 0 unspecified atom stereocenters. The number of aryl methyl sites for hydroxylation is 1. The molecule has 0 aliphatic heterocycles. The maximum atomic E-state index is 13.9. The van der Waals surface area contributed by atoms with Crippen molar-refractivity contribution >= 4 is 22.8 Å². The topological polar surface area (TPSA) is 93.3 Å². The molecule has 4 aromatic rings. The SMILES string of the molecule is CCC(C)(C)NC(=O)[C@@H](c1ccccc1C)N(Cc1ccco1)C(=O)Cn1nnc2ccccc21. The molecule has 0 saturated carbocycles. The van der Waals surface area contributed by atoms with E-state index in [4.69, 9.17) is 4.42 Å². The molecule has 0 fully saturated rings. The van der Waals surface area contributed by atoms with Crippen LogP contribution in [0.3, 0.4) is 0 Å². The summed E-state index contributed by atoms with van der Waals surface area (Å²) in [6, 6.07) is 17.8. The van der Waals surface area contributed by atoms with Crippen molar-refractivity contribution in [1.29, 1.82) is 0 Å². The fourth-order valence-corrected chi connectivity index (χ4v) is 3.98. The molecule has 8 heteroatoms. The molecule has 8 nitrogen and oxygen atoms in total. The van der Waals surface area contributed by atoms with E-state index < -0.39 is 11.6 Å². The van der Waals surface area contributed by atoms with Gasteiger partial charge in [0.15, 0.2) is 0 Å². The number of hydrogen-bond donors (Lipinski definition) is 1. The number of aromatic nitrogens is 3. The molecule has 2 aromatic carbocycles. The highest BCUT2D eigenvalue weighted by atomic mass is 16.3. The Morgan fingerprint density at radius 1 is 1.09 bits per heavy atom. The van der Waals surface area contributed by atoms with E-state index in [0.717, 1.165) is 23.1 Å². The second-order valence-corrected chi connectivity index (χ2v) is 9.32.